The van der Waals surface area contributed by atoms with Crippen LogP contribution in [0.25, 0.3) is 17.5 Å². The van der Waals surface area contributed by atoms with Crippen molar-refractivity contribution in [1.82, 2.24) is 14.8 Å². The van der Waals surface area contributed by atoms with Crippen LogP contribution in [-0.2, 0) is 11.3 Å². The van der Waals surface area contributed by atoms with E-state index < -0.39 is 5.97 Å². The van der Waals surface area contributed by atoms with Gasteiger partial charge in [0.1, 0.15) is 22.2 Å². The lowest BCUT2D eigenvalue weighted by molar-refractivity contribution is -0.131. The van der Waals surface area contributed by atoms with Crippen LogP contribution in [0, 0.1) is 7.14 Å². The minimum absolute atomic E-state index is 0.00923. The molecular formula is C21H19I2N3O5S. The number of ether oxygens (including phenoxy) is 2. The Hall–Kier alpha value is -2.00. The Bertz CT molecular complexity index is 1170. The molecule has 0 aliphatic heterocycles. The molecule has 3 aromatic rings. The predicted molar refractivity (Wildman–Crippen MR) is 139 cm³/mol. The highest BCUT2D eigenvalue weighted by Crippen LogP contribution is 2.35. The Morgan fingerprint density at radius 2 is 1.78 bits per heavy atom. The summed E-state index contributed by atoms with van der Waals surface area (Å²) in [5, 5.41) is 29.1. The second kappa shape index (κ2) is 10.7. The van der Waals surface area contributed by atoms with Gasteiger partial charge in [0.2, 0.25) is 0 Å². The van der Waals surface area contributed by atoms with Crippen molar-refractivity contribution in [2.24, 2.45) is 0 Å². The number of carboxylic acids is 1. The van der Waals surface area contributed by atoms with E-state index in [1.807, 2.05) is 52.3 Å². The summed E-state index contributed by atoms with van der Waals surface area (Å²) >= 11 is 5.10. The van der Waals surface area contributed by atoms with Crippen LogP contribution >= 0.6 is 56.9 Å². The highest BCUT2D eigenvalue weighted by molar-refractivity contribution is 14.1. The third-order valence-corrected chi connectivity index (χ3v) is 6.84. The van der Waals surface area contributed by atoms with E-state index >= 15 is 0 Å². The van der Waals surface area contributed by atoms with Gasteiger partial charge in [0.15, 0.2) is 11.0 Å². The van der Waals surface area contributed by atoms with Crippen molar-refractivity contribution in [3.8, 4) is 28.6 Å². The highest BCUT2D eigenvalue weighted by Gasteiger charge is 2.20. The fourth-order valence-electron chi connectivity index (χ4n) is 2.87. The summed E-state index contributed by atoms with van der Waals surface area (Å²) in [6.45, 7) is 2.44. The van der Waals surface area contributed by atoms with Crippen LogP contribution in [0.5, 0.6) is 17.2 Å². The number of hydrogen-bond donors (Lipinski definition) is 2. The summed E-state index contributed by atoms with van der Waals surface area (Å²) in [6.07, 6.45) is 1.44. The van der Waals surface area contributed by atoms with Gasteiger partial charge in [-0.1, -0.05) is 0 Å². The fourth-order valence-corrected chi connectivity index (χ4v) is 5.64. The number of aliphatic carboxylic acids is 1. The van der Waals surface area contributed by atoms with E-state index in [0.717, 1.165) is 20.9 Å². The number of benzene rings is 2. The number of carbonyl (C=O) groups is 1. The summed E-state index contributed by atoms with van der Waals surface area (Å²) in [4.78, 5) is 12.0. The smallest absolute Gasteiger partial charge is 0.342 e. The number of aromatic nitrogens is 3. The number of aromatic hydroxyl groups is 1. The molecule has 0 saturated heterocycles. The molecule has 0 saturated carbocycles. The molecule has 0 spiro atoms. The van der Waals surface area contributed by atoms with Crippen molar-refractivity contribution in [1.29, 1.82) is 0 Å². The lowest BCUT2D eigenvalue weighted by atomic mass is 10.2. The van der Waals surface area contributed by atoms with E-state index in [9.17, 15) is 15.0 Å². The SMILES string of the molecule is CCn1c(S/C(=C\c2cc(I)cc(I)c2O)C(=O)O)nnc1-c1cc(OC)cc(OC)c1. The first-order valence-electron chi connectivity index (χ1n) is 9.24. The lowest BCUT2D eigenvalue weighted by Gasteiger charge is -2.11. The van der Waals surface area contributed by atoms with Gasteiger partial charge in [0, 0.05) is 27.3 Å². The van der Waals surface area contributed by atoms with Crippen molar-refractivity contribution in [2.45, 2.75) is 18.6 Å². The topological polar surface area (TPSA) is 107 Å². The molecule has 1 heterocycles. The second-order valence-electron chi connectivity index (χ2n) is 6.39. The van der Waals surface area contributed by atoms with Crippen LogP contribution < -0.4 is 9.47 Å². The molecular weight excluding hydrogens is 660 g/mol. The maximum Gasteiger partial charge on any atom is 0.342 e. The molecule has 2 N–H and O–H groups in total. The molecule has 168 valence electrons. The van der Waals surface area contributed by atoms with Crippen molar-refractivity contribution in [3.05, 3.63) is 47.9 Å². The summed E-state index contributed by atoms with van der Waals surface area (Å²) in [5.41, 5.74) is 1.15. The van der Waals surface area contributed by atoms with Crippen molar-refractivity contribution in [3.63, 3.8) is 0 Å². The van der Waals surface area contributed by atoms with Gasteiger partial charge >= 0.3 is 5.97 Å². The van der Waals surface area contributed by atoms with E-state index in [1.165, 1.54) is 6.08 Å². The molecule has 11 heteroatoms. The van der Waals surface area contributed by atoms with Gasteiger partial charge in [-0.05, 0) is 94.2 Å². The summed E-state index contributed by atoms with van der Waals surface area (Å²) < 4.78 is 14.0. The average Bonchev–Trinajstić information content (AvgIpc) is 3.18. The van der Waals surface area contributed by atoms with Gasteiger partial charge < -0.3 is 24.3 Å². The number of halogens is 2. The maximum atomic E-state index is 12.0. The molecule has 8 nitrogen and oxygen atoms in total. The third-order valence-electron chi connectivity index (χ3n) is 4.40. The first-order valence-corrected chi connectivity index (χ1v) is 12.2. The minimum atomic E-state index is -1.13. The number of nitrogens with zero attached hydrogens (tertiary/aromatic N) is 3. The van der Waals surface area contributed by atoms with Crippen molar-refractivity contribution >= 4 is 69.0 Å². The third kappa shape index (κ3) is 5.49. The average molecular weight is 679 g/mol. The molecule has 0 atom stereocenters. The van der Waals surface area contributed by atoms with Crippen LogP contribution in [-0.4, -0.2) is 45.2 Å². The Kier molecular flexibility index (Phi) is 8.27. The predicted octanol–water partition coefficient (Wildman–Crippen LogP) is 5.11. The zero-order chi connectivity index (χ0) is 23.4. The van der Waals surface area contributed by atoms with Crippen LogP contribution in [0.1, 0.15) is 12.5 Å². The van der Waals surface area contributed by atoms with E-state index in [4.69, 9.17) is 9.47 Å². The Balaban J connectivity index is 2.04. The monoisotopic (exact) mass is 679 g/mol. The molecule has 0 aliphatic rings. The lowest BCUT2D eigenvalue weighted by Crippen LogP contribution is -2.03. The fraction of sp³-hybridized carbons (Fsp3) is 0.190. The standard InChI is InChI=1S/C21H19I2N3O5S/c1-4-26-19(12-6-14(30-2)10-15(7-12)31-3)24-25-21(26)32-17(20(28)29)8-11-5-13(22)9-16(23)18(11)27/h5-10,27H,4H2,1-3H3,(H,28,29)/b17-8-. The zero-order valence-corrected chi connectivity index (χ0v) is 22.4. The summed E-state index contributed by atoms with van der Waals surface area (Å²) in [5.74, 6) is 0.678. The molecule has 3 rings (SSSR count). The van der Waals surface area contributed by atoms with E-state index in [0.29, 0.717) is 38.2 Å². The van der Waals surface area contributed by atoms with Crippen LogP contribution in [0.15, 0.2) is 40.4 Å². The van der Waals surface area contributed by atoms with Gasteiger partial charge in [-0.2, -0.15) is 0 Å². The number of rotatable bonds is 8. The van der Waals surface area contributed by atoms with Gasteiger partial charge in [0.05, 0.1) is 17.8 Å². The highest BCUT2D eigenvalue weighted by atomic mass is 127. The minimum Gasteiger partial charge on any atom is -0.506 e. The number of hydrogen-bond acceptors (Lipinski definition) is 7. The molecule has 0 aliphatic carbocycles. The number of methoxy groups -OCH3 is 2. The molecule has 0 fully saturated rings. The molecule has 1 aromatic heterocycles. The van der Waals surface area contributed by atoms with E-state index in [2.05, 4.69) is 32.8 Å². The molecule has 0 amide bonds. The Morgan fingerprint density at radius 3 is 2.34 bits per heavy atom. The van der Waals surface area contributed by atoms with E-state index in [-0.39, 0.29) is 10.7 Å². The molecule has 0 unspecified atom stereocenters. The van der Waals surface area contributed by atoms with Crippen molar-refractivity contribution < 1.29 is 24.5 Å². The number of phenolic OH excluding ortho intramolecular Hbond substituents is 1. The number of phenols is 1. The largest absolute Gasteiger partial charge is 0.506 e. The molecule has 0 radical (unpaired) electrons. The number of carboxylic acid groups (broad SMARTS) is 1. The molecule has 0 bridgehead atoms. The summed E-state index contributed by atoms with van der Waals surface area (Å²) in [6, 6.07) is 8.91. The second-order valence-corrected chi connectivity index (χ2v) is 9.81. The quantitative estimate of drug-likeness (QED) is 0.192. The first kappa shape index (κ1) is 24.6. The van der Waals surface area contributed by atoms with Crippen LogP contribution in [0.3, 0.4) is 0 Å². The van der Waals surface area contributed by atoms with Gasteiger partial charge in [-0.25, -0.2) is 4.79 Å². The van der Waals surface area contributed by atoms with Crippen LogP contribution in [0.4, 0.5) is 0 Å². The number of thioether (sulfide) groups is 1. The Labute approximate surface area is 216 Å². The van der Waals surface area contributed by atoms with Gasteiger partial charge in [0.25, 0.3) is 0 Å². The molecule has 2 aromatic carbocycles. The normalized spacial score (nSPS) is 11.5. The van der Waals surface area contributed by atoms with Crippen LogP contribution in [0.2, 0.25) is 0 Å². The molecule has 32 heavy (non-hydrogen) atoms. The van der Waals surface area contributed by atoms with Gasteiger partial charge in [-0.3, -0.25) is 0 Å². The Morgan fingerprint density at radius 1 is 1.12 bits per heavy atom. The van der Waals surface area contributed by atoms with E-state index in [1.54, 1.807) is 26.4 Å². The zero-order valence-electron chi connectivity index (χ0n) is 17.3. The first-order chi connectivity index (χ1) is 15.3. The van der Waals surface area contributed by atoms with Gasteiger partial charge in [-0.15, -0.1) is 10.2 Å². The maximum absolute atomic E-state index is 12.0. The summed E-state index contributed by atoms with van der Waals surface area (Å²) in [7, 11) is 3.13. The van der Waals surface area contributed by atoms with Crippen molar-refractivity contribution in [2.75, 3.05) is 14.2 Å².